The molecule has 1 unspecified atom stereocenters. The Morgan fingerprint density at radius 1 is 1.19 bits per heavy atom. The smallest absolute Gasteiger partial charge is 0.221 e. The maximum atomic E-state index is 12.4. The molecule has 1 heterocycles. The first-order valence-electron chi connectivity index (χ1n) is 8.68. The lowest BCUT2D eigenvalue weighted by Gasteiger charge is -2.18. The van der Waals surface area contributed by atoms with Crippen molar-refractivity contribution < 1.29 is 13.2 Å². The van der Waals surface area contributed by atoms with E-state index in [2.05, 4.69) is 24.1 Å². The molecule has 1 aromatic heterocycles. The lowest BCUT2D eigenvalue weighted by Crippen LogP contribution is -2.30. The van der Waals surface area contributed by atoms with Crippen molar-refractivity contribution in [2.24, 2.45) is 5.92 Å². The Kier molecular flexibility index (Phi) is 6.94. The van der Waals surface area contributed by atoms with Crippen molar-refractivity contribution in [2.75, 3.05) is 5.75 Å². The molecule has 2 aromatic rings. The number of hydrogen-bond acceptors (Lipinski definition) is 5. The number of sulfone groups is 1. The lowest BCUT2D eigenvalue weighted by atomic mass is 10.0. The number of hydrogen-bond donors (Lipinski definition) is 1. The first-order chi connectivity index (χ1) is 12.2. The highest BCUT2D eigenvalue weighted by Crippen LogP contribution is 2.24. The van der Waals surface area contributed by atoms with Crippen LogP contribution in [0.2, 0.25) is 0 Å². The molecule has 0 spiro atoms. The maximum absolute atomic E-state index is 12.4. The van der Waals surface area contributed by atoms with Crippen LogP contribution in [0.25, 0.3) is 0 Å². The van der Waals surface area contributed by atoms with Crippen molar-refractivity contribution in [2.45, 2.75) is 51.5 Å². The first-order valence-corrected chi connectivity index (χ1v) is 11.2. The molecule has 1 aromatic carbocycles. The molecule has 0 aliphatic carbocycles. The number of carbonyl (C=O) groups is 1. The van der Waals surface area contributed by atoms with Gasteiger partial charge in [0, 0.05) is 17.5 Å². The molecule has 1 amide bonds. The molecular weight excluding hydrogens is 368 g/mol. The number of aromatic nitrogens is 1. The molecule has 7 heteroatoms. The average Bonchev–Trinajstić information content (AvgIpc) is 2.99. The van der Waals surface area contributed by atoms with Gasteiger partial charge in [0.1, 0.15) is 5.01 Å². The quantitative estimate of drug-likeness (QED) is 0.738. The van der Waals surface area contributed by atoms with Crippen molar-refractivity contribution in [3.8, 4) is 0 Å². The molecule has 142 valence electrons. The van der Waals surface area contributed by atoms with Gasteiger partial charge in [-0.05, 0) is 38.3 Å². The fourth-order valence-electron chi connectivity index (χ4n) is 2.58. The number of aryl methyl sites for hydroxylation is 2. The first kappa shape index (κ1) is 20.6. The molecule has 26 heavy (non-hydrogen) atoms. The maximum Gasteiger partial charge on any atom is 0.221 e. The van der Waals surface area contributed by atoms with Crippen LogP contribution in [0.4, 0.5) is 0 Å². The summed E-state index contributed by atoms with van der Waals surface area (Å²) in [6.45, 7) is 7.99. The van der Waals surface area contributed by atoms with Crippen LogP contribution in [0.1, 0.15) is 49.0 Å². The van der Waals surface area contributed by atoms with E-state index in [1.54, 1.807) is 24.3 Å². The van der Waals surface area contributed by atoms with Gasteiger partial charge in [0.2, 0.25) is 5.91 Å². The molecule has 0 fully saturated rings. The Balaban J connectivity index is 2.00. The predicted octanol–water partition coefficient (Wildman–Crippen LogP) is 3.83. The molecular formula is C19H26N2O3S2. The average molecular weight is 395 g/mol. The fraction of sp³-hybridized carbons (Fsp3) is 0.474. The van der Waals surface area contributed by atoms with Crippen molar-refractivity contribution >= 4 is 27.1 Å². The highest BCUT2D eigenvalue weighted by Gasteiger charge is 2.21. The van der Waals surface area contributed by atoms with E-state index in [9.17, 15) is 13.2 Å². The SMILES string of the molecule is Cc1ccc(S(=O)(=O)CCC(=O)NC(CC(C)C)c2nc(C)cs2)cc1. The zero-order chi connectivity index (χ0) is 19.3. The minimum absolute atomic E-state index is 0.0604. The largest absolute Gasteiger partial charge is 0.347 e. The van der Waals surface area contributed by atoms with Gasteiger partial charge in [-0.2, -0.15) is 0 Å². The van der Waals surface area contributed by atoms with E-state index >= 15 is 0 Å². The number of amides is 1. The Morgan fingerprint density at radius 3 is 2.38 bits per heavy atom. The molecule has 0 aliphatic rings. The second-order valence-corrected chi connectivity index (χ2v) is 9.96. The summed E-state index contributed by atoms with van der Waals surface area (Å²) in [5.41, 5.74) is 1.92. The van der Waals surface area contributed by atoms with Gasteiger partial charge in [-0.15, -0.1) is 11.3 Å². The van der Waals surface area contributed by atoms with Gasteiger partial charge in [-0.1, -0.05) is 31.5 Å². The van der Waals surface area contributed by atoms with Crippen molar-refractivity contribution in [3.63, 3.8) is 0 Å². The van der Waals surface area contributed by atoms with E-state index in [1.165, 1.54) is 11.3 Å². The minimum Gasteiger partial charge on any atom is -0.347 e. The second-order valence-electron chi connectivity index (χ2n) is 6.96. The number of rotatable bonds is 8. The monoisotopic (exact) mass is 394 g/mol. The third-order valence-corrected chi connectivity index (χ3v) is 6.76. The normalized spacial score (nSPS) is 13.0. The minimum atomic E-state index is -3.47. The molecule has 0 aliphatic heterocycles. The second kappa shape index (κ2) is 8.77. The Labute approximate surface area is 159 Å². The van der Waals surface area contributed by atoms with Crippen LogP contribution in [0.3, 0.4) is 0 Å². The zero-order valence-electron chi connectivity index (χ0n) is 15.7. The number of benzene rings is 1. The third-order valence-electron chi connectivity index (χ3n) is 3.96. The van der Waals surface area contributed by atoms with E-state index < -0.39 is 9.84 Å². The molecule has 0 saturated heterocycles. The van der Waals surface area contributed by atoms with Gasteiger partial charge >= 0.3 is 0 Å². The molecule has 5 nitrogen and oxygen atoms in total. The van der Waals surface area contributed by atoms with Crippen LogP contribution in [0.5, 0.6) is 0 Å². The summed E-state index contributed by atoms with van der Waals surface area (Å²) >= 11 is 1.52. The molecule has 0 saturated carbocycles. The number of thiazole rings is 1. The van der Waals surface area contributed by atoms with Gasteiger partial charge in [0.25, 0.3) is 0 Å². The van der Waals surface area contributed by atoms with Crippen molar-refractivity contribution in [3.05, 3.63) is 45.9 Å². The molecule has 1 atom stereocenters. The fourth-order valence-corrected chi connectivity index (χ4v) is 4.68. The van der Waals surface area contributed by atoms with Crippen LogP contribution in [-0.4, -0.2) is 25.1 Å². The summed E-state index contributed by atoms with van der Waals surface area (Å²) in [6.07, 6.45) is 0.707. The van der Waals surface area contributed by atoms with Crippen molar-refractivity contribution in [1.29, 1.82) is 0 Å². The Bertz CT molecular complexity index is 840. The van der Waals surface area contributed by atoms with E-state index in [1.807, 2.05) is 19.2 Å². The van der Waals surface area contributed by atoms with Gasteiger partial charge in [0.15, 0.2) is 9.84 Å². The lowest BCUT2D eigenvalue weighted by molar-refractivity contribution is -0.121. The van der Waals surface area contributed by atoms with E-state index in [0.717, 1.165) is 22.7 Å². The summed E-state index contributed by atoms with van der Waals surface area (Å²) in [5.74, 6) is -0.0762. The van der Waals surface area contributed by atoms with Crippen LogP contribution >= 0.6 is 11.3 Å². The van der Waals surface area contributed by atoms with Crippen LogP contribution in [0, 0.1) is 19.8 Å². The van der Waals surface area contributed by atoms with Crippen molar-refractivity contribution in [1.82, 2.24) is 10.3 Å². The van der Waals surface area contributed by atoms with Gasteiger partial charge in [0.05, 0.1) is 16.7 Å². The predicted molar refractivity (Wildman–Crippen MR) is 105 cm³/mol. The highest BCUT2D eigenvalue weighted by atomic mass is 32.2. The van der Waals surface area contributed by atoms with Crippen LogP contribution in [-0.2, 0) is 14.6 Å². The van der Waals surface area contributed by atoms with Gasteiger partial charge < -0.3 is 5.32 Å². The molecule has 2 rings (SSSR count). The summed E-state index contributed by atoms with van der Waals surface area (Å²) in [7, 11) is -3.47. The standard InChI is InChI=1S/C19H26N2O3S2/c1-13(2)11-17(19-20-15(4)12-25-19)21-18(22)9-10-26(23,24)16-7-5-14(3)6-8-16/h5-8,12-13,17H,9-11H2,1-4H3,(H,21,22). The summed E-state index contributed by atoms with van der Waals surface area (Å²) in [5, 5.41) is 5.78. The summed E-state index contributed by atoms with van der Waals surface area (Å²) in [4.78, 5) is 17.1. The highest BCUT2D eigenvalue weighted by molar-refractivity contribution is 7.91. The van der Waals surface area contributed by atoms with E-state index in [-0.39, 0.29) is 29.0 Å². The topological polar surface area (TPSA) is 76.1 Å². The Morgan fingerprint density at radius 2 is 1.85 bits per heavy atom. The van der Waals surface area contributed by atoms with E-state index in [0.29, 0.717) is 5.92 Å². The molecule has 0 radical (unpaired) electrons. The zero-order valence-corrected chi connectivity index (χ0v) is 17.3. The summed E-state index contributed by atoms with van der Waals surface area (Å²) < 4.78 is 24.8. The Hall–Kier alpha value is -1.73. The molecule has 0 bridgehead atoms. The van der Waals surface area contributed by atoms with Gasteiger partial charge in [-0.3, -0.25) is 4.79 Å². The van der Waals surface area contributed by atoms with E-state index in [4.69, 9.17) is 0 Å². The van der Waals surface area contributed by atoms with Crippen LogP contribution < -0.4 is 5.32 Å². The summed E-state index contributed by atoms with van der Waals surface area (Å²) in [6, 6.07) is 6.51. The molecule has 1 N–H and O–H groups in total. The number of nitrogens with zero attached hydrogens (tertiary/aromatic N) is 1. The van der Waals surface area contributed by atoms with Crippen LogP contribution in [0.15, 0.2) is 34.5 Å². The third kappa shape index (κ3) is 5.92. The number of carbonyl (C=O) groups excluding carboxylic acids is 1. The number of nitrogens with one attached hydrogen (secondary N) is 1. The van der Waals surface area contributed by atoms with Gasteiger partial charge in [-0.25, -0.2) is 13.4 Å².